The molecule has 1 atom stereocenters. The first kappa shape index (κ1) is 20.3. The molecule has 2 N–H and O–H groups in total. The molecule has 0 saturated carbocycles. The fraction of sp³-hybridized carbons (Fsp3) is 0.435. The zero-order valence-electron chi connectivity index (χ0n) is 17.6. The van der Waals surface area contributed by atoms with E-state index >= 15 is 0 Å². The molecular formula is C23H29N5O2. The van der Waals surface area contributed by atoms with Crippen LogP contribution in [0.4, 0.5) is 5.69 Å². The van der Waals surface area contributed by atoms with Gasteiger partial charge in [-0.1, -0.05) is 19.1 Å². The van der Waals surface area contributed by atoms with Crippen LogP contribution >= 0.6 is 0 Å². The summed E-state index contributed by atoms with van der Waals surface area (Å²) in [5.41, 5.74) is 4.57. The fourth-order valence-corrected chi connectivity index (χ4v) is 4.33. The second-order valence-corrected chi connectivity index (χ2v) is 7.88. The molecule has 1 aliphatic heterocycles. The van der Waals surface area contributed by atoms with Gasteiger partial charge in [0.25, 0.3) is 11.5 Å². The third-order valence-corrected chi connectivity index (χ3v) is 6.18. The van der Waals surface area contributed by atoms with Gasteiger partial charge >= 0.3 is 0 Å². The third-order valence-electron chi connectivity index (χ3n) is 6.18. The number of nitrogens with zero attached hydrogens (tertiary/aromatic N) is 3. The first-order valence-electron chi connectivity index (χ1n) is 10.7. The van der Waals surface area contributed by atoms with Crippen LogP contribution in [-0.4, -0.2) is 60.0 Å². The lowest BCUT2D eigenvalue weighted by atomic mass is 10.1. The highest BCUT2D eigenvalue weighted by Gasteiger charge is 2.27. The van der Waals surface area contributed by atoms with E-state index in [1.807, 2.05) is 25.1 Å². The van der Waals surface area contributed by atoms with Crippen LogP contribution in [-0.2, 0) is 6.42 Å². The highest BCUT2D eigenvalue weighted by atomic mass is 16.1. The molecule has 1 amide bonds. The maximum atomic E-state index is 12.1. The van der Waals surface area contributed by atoms with Crippen LogP contribution < -0.4 is 15.8 Å². The second kappa shape index (κ2) is 8.83. The van der Waals surface area contributed by atoms with E-state index in [0.29, 0.717) is 11.7 Å². The van der Waals surface area contributed by atoms with E-state index in [1.54, 1.807) is 19.3 Å². The zero-order chi connectivity index (χ0) is 21.1. The Bertz CT molecular complexity index is 987. The molecule has 1 unspecified atom stereocenters. The summed E-state index contributed by atoms with van der Waals surface area (Å²) in [6.07, 6.45) is 6.95. The van der Waals surface area contributed by atoms with Crippen molar-refractivity contribution in [3.63, 3.8) is 0 Å². The molecule has 0 spiro atoms. The number of allylic oxidation sites excluding steroid dienone is 1. The predicted octanol–water partition coefficient (Wildman–Crippen LogP) is 2.06. The largest absolute Gasteiger partial charge is 0.368 e. The zero-order valence-corrected chi connectivity index (χ0v) is 17.6. The van der Waals surface area contributed by atoms with Gasteiger partial charge < -0.3 is 15.2 Å². The van der Waals surface area contributed by atoms with Crippen LogP contribution in [0, 0.1) is 0 Å². The number of nitrogens with one attached hydrogen (secondary N) is 2. The number of aromatic nitrogens is 2. The van der Waals surface area contributed by atoms with Crippen LogP contribution in [0.5, 0.6) is 0 Å². The Kier molecular flexibility index (Phi) is 5.99. The van der Waals surface area contributed by atoms with E-state index in [9.17, 15) is 9.59 Å². The molecular weight excluding hydrogens is 378 g/mol. The predicted molar refractivity (Wildman–Crippen MR) is 119 cm³/mol. The minimum Gasteiger partial charge on any atom is -0.368 e. The van der Waals surface area contributed by atoms with Crippen molar-refractivity contribution < 1.29 is 4.79 Å². The number of pyridine rings is 2. The van der Waals surface area contributed by atoms with Crippen molar-refractivity contribution in [2.24, 2.45) is 0 Å². The minimum atomic E-state index is -0.166. The minimum absolute atomic E-state index is 0.0315. The normalized spacial score (nSPS) is 19.6. The summed E-state index contributed by atoms with van der Waals surface area (Å²) in [7, 11) is 1.61. The lowest BCUT2D eigenvalue weighted by Crippen LogP contribution is -2.49. The summed E-state index contributed by atoms with van der Waals surface area (Å²) < 4.78 is 0. The van der Waals surface area contributed by atoms with E-state index in [4.69, 9.17) is 0 Å². The molecule has 1 fully saturated rings. The van der Waals surface area contributed by atoms with Crippen LogP contribution in [0.3, 0.4) is 0 Å². The Morgan fingerprint density at radius 2 is 2.00 bits per heavy atom. The van der Waals surface area contributed by atoms with Crippen molar-refractivity contribution in [3.05, 3.63) is 63.8 Å². The quantitative estimate of drug-likeness (QED) is 0.793. The molecule has 0 radical (unpaired) electrons. The lowest BCUT2D eigenvalue weighted by molar-refractivity contribution is 0.0958. The number of aromatic amines is 1. The summed E-state index contributed by atoms with van der Waals surface area (Å²) in [5.74, 6) is -0.166. The molecule has 2 aromatic rings. The van der Waals surface area contributed by atoms with Crippen LogP contribution in [0.25, 0.3) is 5.57 Å². The molecule has 7 heteroatoms. The van der Waals surface area contributed by atoms with Crippen LogP contribution in [0.2, 0.25) is 0 Å². The van der Waals surface area contributed by atoms with Crippen molar-refractivity contribution in [2.45, 2.75) is 32.2 Å². The van der Waals surface area contributed by atoms with Gasteiger partial charge in [-0.2, -0.15) is 0 Å². The number of hydrogen-bond acceptors (Lipinski definition) is 5. The first-order chi connectivity index (χ1) is 14.6. The number of hydrogen-bond donors (Lipinski definition) is 2. The molecule has 4 rings (SSSR count). The summed E-state index contributed by atoms with van der Waals surface area (Å²) in [6, 6.07) is 8.16. The van der Waals surface area contributed by atoms with Crippen molar-refractivity contribution in [2.75, 3.05) is 38.1 Å². The summed E-state index contributed by atoms with van der Waals surface area (Å²) in [4.78, 5) is 36.0. The van der Waals surface area contributed by atoms with Gasteiger partial charge in [-0.3, -0.25) is 14.5 Å². The number of H-pyrrole nitrogens is 1. The van der Waals surface area contributed by atoms with Gasteiger partial charge in [0.2, 0.25) is 0 Å². The van der Waals surface area contributed by atoms with Gasteiger partial charge in [0.1, 0.15) is 5.69 Å². The van der Waals surface area contributed by atoms with Gasteiger partial charge in [-0.25, -0.2) is 4.98 Å². The average Bonchev–Trinajstić information content (AvgIpc) is 3.29. The van der Waals surface area contributed by atoms with Crippen molar-refractivity contribution in [3.8, 4) is 0 Å². The van der Waals surface area contributed by atoms with E-state index < -0.39 is 0 Å². The van der Waals surface area contributed by atoms with Crippen molar-refractivity contribution >= 4 is 17.2 Å². The van der Waals surface area contributed by atoms with E-state index in [2.05, 4.69) is 31.2 Å². The molecule has 3 heterocycles. The molecule has 0 aromatic carbocycles. The molecule has 2 aromatic heterocycles. The highest BCUT2D eigenvalue weighted by Crippen LogP contribution is 2.30. The van der Waals surface area contributed by atoms with E-state index in [1.165, 1.54) is 5.57 Å². The Hall–Kier alpha value is -2.93. The highest BCUT2D eigenvalue weighted by molar-refractivity contribution is 5.92. The maximum Gasteiger partial charge on any atom is 0.269 e. The van der Waals surface area contributed by atoms with Crippen LogP contribution in [0.15, 0.2) is 41.3 Å². The van der Waals surface area contributed by atoms with Gasteiger partial charge in [-0.05, 0) is 43.0 Å². The first-order valence-corrected chi connectivity index (χ1v) is 10.7. The third kappa shape index (κ3) is 4.16. The fourth-order valence-electron chi connectivity index (χ4n) is 4.33. The van der Waals surface area contributed by atoms with Gasteiger partial charge in [0, 0.05) is 50.5 Å². The number of piperazine rings is 1. The van der Waals surface area contributed by atoms with Crippen molar-refractivity contribution in [1.82, 2.24) is 20.2 Å². The molecule has 7 nitrogen and oxygen atoms in total. The number of carbonyl (C=O) groups excluding carboxylic acids is 1. The molecule has 0 bridgehead atoms. The van der Waals surface area contributed by atoms with E-state index in [0.717, 1.165) is 62.4 Å². The number of anilines is 1. The Morgan fingerprint density at radius 1 is 1.20 bits per heavy atom. The number of amides is 1. The van der Waals surface area contributed by atoms with Gasteiger partial charge in [-0.15, -0.1) is 0 Å². The Balaban J connectivity index is 1.37. The summed E-state index contributed by atoms with van der Waals surface area (Å²) in [6.45, 7) is 5.83. The standard InChI is InChI=1S/C23H29N5O2/c1-3-16-5-8-20(26-22(16)29)17-4-6-18(14-17)27-10-12-28(13-11-27)19-7-9-21(25-15-19)23(30)24-2/h5,7-9,14-15,18H,3-4,6,10-13H2,1-2H3,(H,24,30)(H,26,29). The molecule has 1 aliphatic carbocycles. The average molecular weight is 408 g/mol. The maximum absolute atomic E-state index is 12.1. The van der Waals surface area contributed by atoms with Crippen molar-refractivity contribution in [1.29, 1.82) is 0 Å². The van der Waals surface area contributed by atoms with Gasteiger partial charge in [0.15, 0.2) is 0 Å². The SMILES string of the molecule is CCc1ccc(C2=CC(N3CCN(c4ccc(C(=O)NC)nc4)CC3)CC2)[nH]c1=O. The second-order valence-electron chi connectivity index (χ2n) is 7.88. The lowest BCUT2D eigenvalue weighted by Gasteiger charge is -2.38. The van der Waals surface area contributed by atoms with Crippen LogP contribution in [0.1, 0.15) is 41.5 Å². The smallest absolute Gasteiger partial charge is 0.269 e. The Labute approximate surface area is 176 Å². The molecule has 2 aliphatic rings. The monoisotopic (exact) mass is 407 g/mol. The number of carbonyl (C=O) groups is 1. The van der Waals surface area contributed by atoms with Gasteiger partial charge in [0.05, 0.1) is 11.9 Å². The molecule has 1 saturated heterocycles. The summed E-state index contributed by atoms with van der Waals surface area (Å²) in [5, 5.41) is 2.59. The molecule has 30 heavy (non-hydrogen) atoms. The number of aryl methyl sites for hydroxylation is 1. The summed E-state index contributed by atoms with van der Waals surface area (Å²) >= 11 is 0. The van der Waals surface area contributed by atoms with E-state index in [-0.39, 0.29) is 11.5 Å². The number of rotatable bonds is 5. The Morgan fingerprint density at radius 3 is 2.63 bits per heavy atom. The topological polar surface area (TPSA) is 81.3 Å². The molecule has 158 valence electrons.